The number of likely N-dealkylation sites (N-methyl/N-ethyl adjacent to an activating group) is 1. The molecule has 1 rings (SSSR count). The Morgan fingerprint density at radius 3 is 2.88 bits per heavy atom. The highest BCUT2D eigenvalue weighted by molar-refractivity contribution is 5.80. The first-order valence-electron chi connectivity index (χ1n) is 4.95. The van der Waals surface area contributed by atoms with Gasteiger partial charge in [-0.1, -0.05) is 0 Å². The molecule has 8 heteroatoms. The van der Waals surface area contributed by atoms with E-state index in [0.29, 0.717) is 6.54 Å². The molecule has 0 aliphatic rings. The largest absolute Gasteiger partial charge is 0.383 e. The Hall–Kier alpha value is -2.38. The van der Waals surface area contributed by atoms with Crippen LogP contribution < -0.4 is 16.4 Å². The van der Waals surface area contributed by atoms with E-state index in [2.05, 4.69) is 15.6 Å². The van der Waals surface area contributed by atoms with Crippen molar-refractivity contribution in [3.63, 3.8) is 0 Å². The van der Waals surface area contributed by atoms with Crippen molar-refractivity contribution in [2.24, 2.45) is 0 Å². The first kappa shape index (κ1) is 12.7. The van der Waals surface area contributed by atoms with E-state index in [-0.39, 0.29) is 29.8 Å². The number of hydrogen-bond donors (Lipinski definition) is 3. The van der Waals surface area contributed by atoms with Gasteiger partial charge in [0.25, 0.3) is 5.69 Å². The van der Waals surface area contributed by atoms with Gasteiger partial charge >= 0.3 is 0 Å². The van der Waals surface area contributed by atoms with E-state index in [0.717, 1.165) is 6.07 Å². The number of hydrogen-bond acceptors (Lipinski definition) is 6. The zero-order chi connectivity index (χ0) is 12.8. The molecule has 0 atom stereocenters. The number of aromatic nitrogens is 1. The van der Waals surface area contributed by atoms with Crippen LogP contribution in [-0.4, -0.2) is 28.9 Å². The zero-order valence-corrected chi connectivity index (χ0v) is 9.27. The lowest BCUT2D eigenvalue weighted by Crippen LogP contribution is -2.29. The van der Waals surface area contributed by atoms with Gasteiger partial charge in [0, 0.05) is 6.54 Å². The van der Waals surface area contributed by atoms with E-state index in [4.69, 9.17) is 5.73 Å². The molecule has 0 radical (unpaired) electrons. The molecule has 8 nitrogen and oxygen atoms in total. The van der Waals surface area contributed by atoms with Crippen LogP contribution in [0.5, 0.6) is 0 Å². The van der Waals surface area contributed by atoms with Gasteiger partial charge in [-0.05, 0) is 6.92 Å². The van der Waals surface area contributed by atoms with Crippen LogP contribution in [0, 0.1) is 10.1 Å². The fourth-order valence-corrected chi connectivity index (χ4v) is 1.16. The third-order valence-electron chi connectivity index (χ3n) is 1.84. The highest BCUT2D eigenvalue weighted by atomic mass is 16.6. The highest BCUT2D eigenvalue weighted by Crippen LogP contribution is 2.18. The van der Waals surface area contributed by atoms with Crippen molar-refractivity contribution in [2.75, 3.05) is 24.1 Å². The lowest BCUT2D eigenvalue weighted by atomic mass is 10.3. The second kappa shape index (κ2) is 5.64. The second-order valence-corrected chi connectivity index (χ2v) is 3.20. The first-order chi connectivity index (χ1) is 8.02. The topological polar surface area (TPSA) is 123 Å². The number of amides is 1. The summed E-state index contributed by atoms with van der Waals surface area (Å²) < 4.78 is 0. The van der Waals surface area contributed by atoms with Crippen LogP contribution in [0.15, 0.2) is 12.1 Å². The molecule has 0 aliphatic carbocycles. The SMILES string of the molecule is CCNC(=O)CNc1cc([N+](=O)[O-])cc(N)n1. The molecule has 1 amide bonds. The Balaban J connectivity index is 2.71. The van der Waals surface area contributed by atoms with Crippen molar-refractivity contribution in [3.8, 4) is 0 Å². The number of nitrogens with two attached hydrogens (primary N) is 1. The molecule has 1 aromatic rings. The quantitative estimate of drug-likeness (QED) is 0.495. The Kier molecular flexibility index (Phi) is 4.21. The van der Waals surface area contributed by atoms with Gasteiger partial charge in [-0.15, -0.1) is 0 Å². The monoisotopic (exact) mass is 239 g/mol. The second-order valence-electron chi connectivity index (χ2n) is 3.20. The van der Waals surface area contributed by atoms with Crippen molar-refractivity contribution in [2.45, 2.75) is 6.92 Å². The molecule has 0 fully saturated rings. The number of nitrogens with one attached hydrogen (secondary N) is 2. The maximum Gasteiger partial charge on any atom is 0.276 e. The number of carbonyl (C=O) groups is 1. The standard InChI is InChI=1S/C9H13N5O3/c1-2-11-9(15)5-12-8-4-6(14(16)17)3-7(10)13-8/h3-4H,2,5H2,1H3,(H,11,15)(H3,10,12,13). The smallest absolute Gasteiger partial charge is 0.276 e. The fourth-order valence-electron chi connectivity index (χ4n) is 1.16. The average Bonchev–Trinajstić information content (AvgIpc) is 2.26. The van der Waals surface area contributed by atoms with Gasteiger partial charge in [-0.3, -0.25) is 14.9 Å². The predicted octanol–water partition coefficient (Wildman–Crippen LogP) is 0.120. The molecule has 92 valence electrons. The van der Waals surface area contributed by atoms with Crippen molar-refractivity contribution >= 4 is 23.2 Å². The summed E-state index contributed by atoms with van der Waals surface area (Å²) in [6, 6.07) is 2.37. The number of anilines is 2. The van der Waals surface area contributed by atoms with E-state index in [1.807, 2.05) is 0 Å². The van der Waals surface area contributed by atoms with Gasteiger partial charge in [0.15, 0.2) is 0 Å². The fraction of sp³-hybridized carbons (Fsp3) is 0.333. The summed E-state index contributed by atoms with van der Waals surface area (Å²) in [6.07, 6.45) is 0. The Morgan fingerprint density at radius 2 is 2.29 bits per heavy atom. The van der Waals surface area contributed by atoms with Crippen LogP contribution in [0.1, 0.15) is 6.92 Å². The molecule has 0 bridgehead atoms. The minimum absolute atomic E-state index is 0.0125. The molecule has 0 aliphatic heterocycles. The van der Waals surface area contributed by atoms with Crippen LogP contribution in [0.4, 0.5) is 17.3 Å². The van der Waals surface area contributed by atoms with Crippen molar-refractivity contribution in [3.05, 3.63) is 22.2 Å². The van der Waals surface area contributed by atoms with Crippen molar-refractivity contribution in [1.29, 1.82) is 0 Å². The van der Waals surface area contributed by atoms with Crippen LogP contribution in [0.3, 0.4) is 0 Å². The summed E-state index contributed by atoms with van der Waals surface area (Å²) in [6.45, 7) is 2.30. The number of nitrogen functional groups attached to an aromatic ring is 1. The van der Waals surface area contributed by atoms with Gasteiger partial charge in [0.2, 0.25) is 5.91 Å². The summed E-state index contributed by atoms with van der Waals surface area (Å²) in [4.78, 5) is 25.0. The van der Waals surface area contributed by atoms with Gasteiger partial charge in [-0.25, -0.2) is 4.98 Å². The van der Waals surface area contributed by atoms with Crippen LogP contribution in [-0.2, 0) is 4.79 Å². The minimum Gasteiger partial charge on any atom is -0.383 e. The summed E-state index contributed by atoms with van der Waals surface area (Å²) in [5, 5.41) is 15.8. The number of pyridine rings is 1. The summed E-state index contributed by atoms with van der Waals surface area (Å²) >= 11 is 0. The van der Waals surface area contributed by atoms with Gasteiger partial charge in [-0.2, -0.15) is 0 Å². The van der Waals surface area contributed by atoms with E-state index < -0.39 is 4.92 Å². The first-order valence-corrected chi connectivity index (χ1v) is 4.95. The summed E-state index contributed by atoms with van der Waals surface area (Å²) in [7, 11) is 0. The van der Waals surface area contributed by atoms with Gasteiger partial charge < -0.3 is 16.4 Å². The molecular weight excluding hydrogens is 226 g/mol. The normalized spacial score (nSPS) is 9.71. The number of carbonyl (C=O) groups excluding carboxylic acids is 1. The number of rotatable bonds is 5. The number of nitrogens with zero attached hydrogens (tertiary/aromatic N) is 2. The van der Waals surface area contributed by atoms with E-state index in [1.165, 1.54) is 6.07 Å². The van der Waals surface area contributed by atoms with E-state index in [9.17, 15) is 14.9 Å². The van der Waals surface area contributed by atoms with Gasteiger partial charge in [0.05, 0.1) is 23.6 Å². The summed E-state index contributed by atoms with van der Waals surface area (Å²) in [5.41, 5.74) is 5.24. The molecule has 0 saturated carbocycles. The summed E-state index contributed by atoms with van der Waals surface area (Å²) in [5.74, 6) is -0.0000645. The lowest BCUT2D eigenvalue weighted by molar-refractivity contribution is -0.384. The molecule has 4 N–H and O–H groups in total. The molecule has 1 aromatic heterocycles. The lowest BCUT2D eigenvalue weighted by Gasteiger charge is -2.06. The average molecular weight is 239 g/mol. The third kappa shape index (κ3) is 3.93. The van der Waals surface area contributed by atoms with Crippen LogP contribution in [0.2, 0.25) is 0 Å². The molecule has 1 heterocycles. The molecule has 0 aromatic carbocycles. The number of nitro groups is 1. The molecule has 0 unspecified atom stereocenters. The van der Waals surface area contributed by atoms with Crippen LogP contribution >= 0.6 is 0 Å². The maximum atomic E-state index is 11.2. The van der Waals surface area contributed by atoms with E-state index in [1.54, 1.807) is 6.92 Å². The van der Waals surface area contributed by atoms with Crippen molar-refractivity contribution < 1.29 is 9.72 Å². The predicted molar refractivity (Wildman–Crippen MR) is 62.5 cm³/mol. The maximum absolute atomic E-state index is 11.2. The zero-order valence-electron chi connectivity index (χ0n) is 9.27. The Labute approximate surface area is 97.4 Å². The Morgan fingerprint density at radius 1 is 1.59 bits per heavy atom. The third-order valence-corrected chi connectivity index (χ3v) is 1.84. The molecular formula is C9H13N5O3. The van der Waals surface area contributed by atoms with Crippen LogP contribution in [0.25, 0.3) is 0 Å². The van der Waals surface area contributed by atoms with Crippen molar-refractivity contribution in [1.82, 2.24) is 10.3 Å². The molecule has 17 heavy (non-hydrogen) atoms. The highest BCUT2D eigenvalue weighted by Gasteiger charge is 2.10. The molecule has 0 saturated heterocycles. The van der Waals surface area contributed by atoms with E-state index >= 15 is 0 Å². The molecule has 0 spiro atoms. The Bertz CT molecular complexity index is 435. The van der Waals surface area contributed by atoms with Gasteiger partial charge in [0.1, 0.15) is 11.6 Å². The minimum atomic E-state index is -0.574.